The van der Waals surface area contributed by atoms with Gasteiger partial charge in [0.15, 0.2) is 0 Å². The number of hydrogen-bond donors (Lipinski definition) is 1. The Morgan fingerprint density at radius 2 is 1.79 bits per heavy atom. The Hall–Kier alpha value is -0.860. The average Bonchev–Trinajstić information content (AvgIpc) is 2.33. The molecule has 19 heavy (non-hydrogen) atoms. The maximum Gasteiger partial charge on any atom is 0.0281 e. The quantitative estimate of drug-likeness (QED) is 0.895. The Kier molecular flexibility index (Phi) is 4.64. The number of benzene rings is 1. The molecular weight excluding hydrogens is 232 g/mol. The molecule has 1 aromatic carbocycles. The minimum Gasteiger partial charge on any atom is -0.314 e. The fourth-order valence-corrected chi connectivity index (χ4v) is 2.79. The van der Waals surface area contributed by atoms with E-state index >= 15 is 0 Å². The van der Waals surface area contributed by atoms with Gasteiger partial charge in [0.05, 0.1) is 0 Å². The molecule has 1 aliphatic heterocycles. The van der Waals surface area contributed by atoms with Crippen molar-refractivity contribution in [2.45, 2.75) is 46.2 Å². The summed E-state index contributed by atoms with van der Waals surface area (Å²) in [4.78, 5) is 2.58. The van der Waals surface area contributed by atoms with Gasteiger partial charge in [-0.2, -0.15) is 0 Å². The van der Waals surface area contributed by atoms with E-state index in [-0.39, 0.29) is 5.54 Å². The van der Waals surface area contributed by atoms with E-state index in [9.17, 15) is 0 Å². The van der Waals surface area contributed by atoms with E-state index in [0.717, 1.165) is 32.1 Å². The molecule has 0 aromatic heterocycles. The molecule has 0 spiro atoms. The summed E-state index contributed by atoms with van der Waals surface area (Å²) in [5.74, 6) is 0.734. The zero-order valence-corrected chi connectivity index (χ0v) is 12.9. The van der Waals surface area contributed by atoms with Crippen LogP contribution in [0.2, 0.25) is 0 Å². The van der Waals surface area contributed by atoms with Crippen molar-refractivity contribution in [2.24, 2.45) is 5.92 Å². The van der Waals surface area contributed by atoms with Crippen LogP contribution < -0.4 is 5.32 Å². The second-order valence-corrected chi connectivity index (χ2v) is 6.83. The molecule has 1 saturated heterocycles. The first kappa shape index (κ1) is 14.5. The van der Waals surface area contributed by atoms with E-state index in [1.54, 1.807) is 0 Å². The molecule has 1 aliphatic rings. The van der Waals surface area contributed by atoms with Gasteiger partial charge in [-0.1, -0.05) is 38.1 Å². The molecule has 1 aromatic rings. The van der Waals surface area contributed by atoms with Crippen LogP contribution in [-0.4, -0.2) is 30.1 Å². The van der Waals surface area contributed by atoms with Crippen LogP contribution in [0.4, 0.5) is 0 Å². The maximum absolute atomic E-state index is 3.48. The van der Waals surface area contributed by atoms with Crippen molar-refractivity contribution in [1.82, 2.24) is 10.2 Å². The van der Waals surface area contributed by atoms with E-state index < -0.39 is 0 Å². The van der Waals surface area contributed by atoms with Gasteiger partial charge in [0.2, 0.25) is 0 Å². The summed E-state index contributed by atoms with van der Waals surface area (Å²) < 4.78 is 0. The molecule has 0 bridgehead atoms. The van der Waals surface area contributed by atoms with Crippen molar-refractivity contribution >= 4 is 0 Å². The third-order valence-corrected chi connectivity index (χ3v) is 4.01. The Bertz CT molecular complexity index is 392. The van der Waals surface area contributed by atoms with Crippen molar-refractivity contribution in [3.63, 3.8) is 0 Å². The molecular formula is C17H28N2. The maximum atomic E-state index is 3.48. The van der Waals surface area contributed by atoms with Crippen LogP contribution in [0.5, 0.6) is 0 Å². The average molecular weight is 260 g/mol. The number of nitrogens with zero attached hydrogens (tertiary/aromatic N) is 1. The lowest BCUT2D eigenvalue weighted by atomic mass is 9.98. The number of piperazine rings is 1. The lowest BCUT2D eigenvalue weighted by Gasteiger charge is -2.42. The highest BCUT2D eigenvalue weighted by atomic mass is 15.2. The molecule has 106 valence electrons. The summed E-state index contributed by atoms with van der Waals surface area (Å²) in [7, 11) is 0. The minimum absolute atomic E-state index is 0.259. The molecule has 0 saturated carbocycles. The SMILES string of the molecule is CC(C)Cc1ccc(CN2CCNCC2(C)C)cc1. The van der Waals surface area contributed by atoms with E-state index in [0.29, 0.717) is 0 Å². The van der Waals surface area contributed by atoms with Crippen LogP contribution in [0.1, 0.15) is 38.8 Å². The van der Waals surface area contributed by atoms with Crippen molar-refractivity contribution in [1.29, 1.82) is 0 Å². The Balaban J connectivity index is 1.99. The van der Waals surface area contributed by atoms with Gasteiger partial charge in [-0.3, -0.25) is 4.90 Å². The lowest BCUT2D eigenvalue weighted by molar-refractivity contribution is 0.0827. The molecule has 0 unspecified atom stereocenters. The van der Waals surface area contributed by atoms with Gasteiger partial charge in [0.1, 0.15) is 0 Å². The molecule has 1 heterocycles. The molecule has 2 heteroatoms. The van der Waals surface area contributed by atoms with E-state index in [1.165, 1.54) is 17.5 Å². The Morgan fingerprint density at radius 3 is 2.37 bits per heavy atom. The zero-order valence-electron chi connectivity index (χ0n) is 12.9. The third-order valence-electron chi connectivity index (χ3n) is 4.01. The molecule has 2 nitrogen and oxygen atoms in total. The molecule has 0 atom stereocenters. The molecule has 0 aliphatic carbocycles. The Morgan fingerprint density at radius 1 is 1.16 bits per heavy atom. The van der Waals surface area contributed by atoms with Crippen molar-refractivity contribution in [3.05, 3.63) is 35.4 Å². The first-order valence-corrected chi connectivity index (χ1v) is 7.51. The van der Waals surface area contributed by atoms with Gasteiger partial charge in [0, 0.05) is 31.7 Å². The fourth-order valence-electron chi connectivity index (χ4n) is 2.79. The summed E-state index contributed by atoms with van der Waals surface area (Å²) in [6.07, 6.45) is 1.18. The van der Waals surface area contributed by atoms with Gasteiger partial charge >= 0.3 is 0 Å². The lowest BCUT2D eigenvalue weighted by Crippen LogP contribution is -2.57. The smallest absolute Gasteiger partial charge is 0.0281 e. The van der Waals surface area contributed by atoms with Crippen molar-refractivity contribution in [3.8, 4) is 0 Å². The van der Waals surface area contributed by atoms with Crippen LogP contribution in [0.3, 0.4) is 0 Å². The van der Waals surface area contributed by atoms with E-state index in [2.05, 4.69) is 62.2 Å². The summed E-state index contributed by atoms with van der Waals surface area (Å²) in [6.45, 7) is 13.6. The number of hydrogen-bond acceptors (Lipinski definition) is 2. The largest absolute Gasteiger partial charge is 0.314 e. The van der Waals surface area contributed by atoms with Gasteiger partial charge in [0.25, 0.3) is 0 Å². The molecule has 1 fully saturated rings. The molecule has 0 amide bonds. The van der Waals surface area contributed by atoms with Gasteiger partial charge in [-0.05, 0) is 37.3 Å². The summed E-state index contributed by atoms with van der Waals surface area (Å²) in [5, 5.41) is 3.48. The van der Waals surface area contributed by atoms with Crippen LogP contribution in [0.25, 0.3) is 0 Å². The van der Waals surface area contributed by atoms with E-state index in [4.69, 9.17) is 0 Å². The second kappa shape index (κ2) is 6.06. The van der Waals surface area contributed by atoms with Crippen LogP contribution in [0, 0.1) is 5.92 Å². The van der Waals surface area contributed by atoms with E-state index in [1.807, 2.05) is 0 Å². The first-order chi connectivity index (χ1) is 8.97. The summed E-state index contributed by atoms with van der Waals surface area (Å²) >= 11 is 0. The predicted molar refractivity (Wildman–Crippen MR) is 82.3 cm³/mol. The zero-order chi connectivity index (χ0) is 13.9. The number of nitrogens with one attached hydrogen (secondary N) is 1. The summed E-state index contributed by atoms with van der Waals surface area (Å²) in [6, 6.07) is 9.20. The van der Waals surface area contributed by atoms with Crippen LogP contribution in [-0.2, 0) is 13.0 Å². The van der Waals surface area contributed by atoms with Crippen molar-refractivity contribution < 1.29 is 0 Å². The highest BCUT2D eigenvalue weighted by molar-refractivity contribution is 5.23. The van der Waals surface area contributed by atoms with Gasteiger partial charge in [-0.25, -0.2) is 0 Å². The third kappa shape index (κ3) is 4.05. The van der Waals surface area contributed by atoms with Crippen LogP contribution >= 0.6 is 0 Å². The standard InChI is InChI=1S/C17H28N2/c1-14(2)11-15-5-7-16(8-6-15)12-19-10-9-18-13-17(19,3)4/h5-8,14,18H,9-13H2,1-4H3. The normalized spacial score (nSPS) is 19.8. The van der Waals surface area contributed by atoms with Gasteiger partial charge < -0.3 is 5.32 Å². The molecule has 1 N–H and O–H groups in total. The number of rotatable bonds is 4. The predicted octanol–water partition coefficient (Wildman–Crippen LogP) is 3.07. The van der Waals surface area contributed by atoms with Gasteiger partial charge in [-0.15, -0.1) is 0 Å². The van der Waals surface area contributed by atoms with Crippen molar-refractivity contribution in [2.75, 3.05) is 19.6 Å². The molecule has 2 rings (SSSR count). The second-order valence-electron chi connectivity index (χ2n) is 6.83. The highest BCUT2D eigenvalue weighted by Gasteiger charge is 2.29. The monoisotopic (exact) mass is 260 g/mol. The minimum atomic E-state index is 0.259. The molecule has 0 radical (unpaired) electrons. The topological polar surface area (TPSA) is 15.3 Å². The first-order valence-electron chi connectivity index (χ1n) is 7.51. The fraction of sp³-hybridized carbons (Fsp3) is 0.647. The summed E-state index contributed by atoms with van der Waals surface area (Å²) in [5.41, 5.74) is 3.15. The van der Waals surface area contributed by atoms with Crippen LogP contribution in [0.15, 0.2) is 24.3 Å². The Labute approximate surface area is 118 Å². The highest BCUT2D eigenvalue weighted by Crippen LogP contribution is 2.20.